The molecule has 6 heterocycles. The second-order valence-corrected chi connectivity index (χ2v) is 28.4. The molecule has 6 saturated heterocycles. The third-order valence-corrected chi connectivity index (χ3v) is 22.9. The van der Waals surface area contributed by atoms with E-state index in [9.17, 15) is 4.79 Å². The topological polar surface area (TPSA) is 62.9 Å². The van der Waals surface area contributed by atoms with Gasteiger partial charge in [0.15, 0.2) is 0 Å². The van der Waals surface area contributed by atoms with Crippen LogP contribution in [0.4, 0.5) is 0 Å². The first kappa shape index (κ1) is 59.3. The fourth-order valence-corrected chi connectivity index (χ4v) is 17.6. The predicted molar refractivity (Wildman–Crippen MR) is 350 cm³/mol. The van der Waals surface area contributed by atoms with Crippen LogP contribution in [0, 0.1) is 73.7 Å². The summed E-state index contributed by atoms with van der Waals surface area (Å²) in [5, 5.41) is 10.0. The Morgan fingerprint density at radius 2 is 1.04 bits per heavy atom. The molecule has 3 N–H and O–H groups in total. The number of likely N-dealkylation sites (N-methyl/N-ethyl adjacent to an activating group) is 2. The molecule has 5 aromatic rings. The molecule has 4 saturated carbocycles. The summed E-state index contributed by atoms with van der Waals surface area (Å²) in [6.07, 6.45) is 22.3. The molecule has 16 atom stereocenters. The fraction of sp³-hybridized carbons (Fsp3) is 0.527. The average Bonchev–Trinajstić information content (AvgIpc) is 4.37. The quantitative estimate of drug-likeness (QED) is 0.123. The fourth-order valence-electron chi connectivity index (χ4n) is 17.2. The summed E-state index contributed by atoms with van der Waals surface area (Å²) in [4.78, 5) is 18.2. The van der Waals surface area contributed by atoms with Crippen LogP contribution >= 0.6 is 22.6 Å². The van der Waals surface area contributed by atoms with Gasteiger partial charge < -0.3 is 25.8 Å². The maximum Gasteiger partial charge on any atom is 0.227 e. The van der Waals surface area contributed by atoms with E-state index in [-0.39, 0.29) is 11.8 Å². The van der Waals surface area contributed by atoms with E-state index in [4.69, 9.17) is 0 Å². The summed E-state index contributed by atoms with van der Waals surface area (Å²) in [5.41, 5.74) is 13.6. The van der Waals surface area contributed by atoms with E-state index in [0.717, 1.165) is 89.9 Å². The molecule has 0 spiro atoms. The van der Waals surface area contributed by atoms with E-state index in [1.807, 2.05) is 6.08 Å². The Morgan fingerprint density at radius 1 is 0.451 bits per heavy atom. The normalized spacial score (nSPS) is 33.9. The van der Waals surface area contributed by atoms with E-state index >= 15 is 0 Å². The Labute approximate surface area is 508 Å². The number of rotatable bonds is 4. The summed E-state index contributed by atoms with van der Waals surface area (Å²) in [5.74, 6) is 8.30. The number of amides is 1. The van der Waals surface area contributed by atoms with Gasteiger partial charge in [-0.15, -0.1) is 0 Å². The van der Waals surface area contributed by atoms with E-state index < -0.39 is 0 Å². The Bertz CT molecular complexity index is 2910. The summed E-state index contributed by atoms with van der Waals surface area (Å²) >= 11 is 2.32. The molecule has 7 nitrogen and oxygen atoms in total. The van der Waals surface area contributed by atoms with E-state index in [2.05, 4.69) is 249 Å². The van der Waals surface area contributed by atoms with Gasteiger partial charge in [0.2, 0.25) is 5.91 Å². The van der Waals surface area contributed by atoms with Crippen LogP contribution in [0.1, 0.15) is 138 Å². The van der Waals surface area contributed by atoms with Crippen LogP contribution in [0.3, 0.4) is 0 Å². The van der Waals surface area contributed by atoms with Gasteiger partial charge in [-0.3, -0.25) is 9.69 Å². The maximum absolute atomic E-state index is 10.7. The number of piperidine rings is 4. The Hall–Kier alpha value is -4.42. The molecular weight excluding hydrogens is 1120 g/mol. The number of fused-ring (bicyclic) bond motifs is 12. The van der Waals surface area contributed by atoms with E-state index in [1.165, 1.54) is 122 Å². The highest BCUT2D eigenvalue weighted by molar-refractivity contribution is 14.1. The molecule has 436 valence electrons. The Morgan fingerprint density at radius 3 is 1.40 bits per heavy atom. The van der Waals surface area contributed by atoms with Gasteiger partial charge in [0.1, 0.15) is 0 Å². The number of aryl methyl sites for hydroxylation is 5. The van der Waals surface area contributed by atoms with Gasteiger partial charge in [0.05, 0.1) is 5.92 Å². The molecule has 16 unspecified atom stereocenters. The molecule has 6 aliphatic carbocycles. The first-order chi connectivity index (χ1) is 39.7. The zero-order valence-corrected chi connectivity index (χ0v) is 53.0. The number of nitrogens with one attached hydrogen (secondary N) is 3. The number of likely N-dealkylation sites (tertiary alicyclic amines) is 3. The minimum atomic E-state index is 0.206. The Balaban J connectivity index is 0.000000102. The number of hydrogen-bond acceptors (Lipinski definition) is 6. The van der Waals surface area contributed by atoms with Crippen molar-refractivity contribution in [2.45, 2.75) is 159 Å². The highest BCUT2D eigenvalue weighted by atomic mass is 127. The molecule has 12 bridgehead atoms. The van der Waals surface area contributed by atoms with Crippen LogP contribution in [-0.4, -0.2) is 111 Å². The van der Waals surface area contributed by atoms with Crippen molar-refractivity contribution in [2.24, 2.45) is 35.5 Å². The van der Waals surface area contributed by atoms with Crippen LogP contribution in [0.25, 0.3) is 0 Å². The van der Waals surface area contributed by atoms with Gasteiger partial charge in [0.25, 0.3) is 0 Å². The lowest BCUT2D eigenvalue weighted by Crippen LogP contribution is -2.33. The lowest BCUT2D eigenvalue weighted by molar-refractivity contribution is -0.121. The SMILES string of the molecule is CN1CC2C=CC1C2.Cc1ccccc1C1CC2CC1CN2.Cc1ccccc1C1CC2CC1CN2C.Cc1ccccc1C1CC2CC1N(C)C2.Cc1ccccc1C1CC2CNC1C2.Cc1ccccc1I.O=C1NC2C=CC1C2. The minimum absolute atomic E-state index is 0.206. The molecule has 6 aliphatic heterocycles. The zero-order valence-electron chi connectivity index (χ0n) is 50.8. The average molecular weight is 1210 g/mol. The van der Waals surface area contributed by atoms with Crippen LogP contribution in [-0.2, 0) is 4.79 Å². The molecule has 0 radical (unpaired) electrons. The highest BCUT2D eigenvalue weighted by Crippen LogP contribution is 2.49. The van der Waals surface area contributed by atoms with Gasteiger partial charge in [-0.05, 0) is 259 Å². The molecule has 1 amide bonds. The van der Waals surface area contributed by atoms with Gasteiger partial charge in [-0.2, -0.15) is 0 Å². The maximum atomic E-state index is 10.7. The Kier molecular flexibility index (Phi) is 19.4. The van der Waals surface area contributed by atoms with Crippen molar-refractivity contribution in [3.05, 3.63) is 199 Å². The molecule has 8 heteroatoms. The monoisotopic (exact) mass is 1210 g/mol. The van der Waals surface area contributed by atoms with Crippen molar-refractivity contribution in [3.63, 3.8) is 0 Å². The van der Waals surface area contributed by atoms with Crippen molar-refractivity contribution in [1.82, 2.24) is 30.7 Å². The second-order valence-electron chi connectivity index (χ2n) is 27.2. The van der Waals surface area contributed by atoms with Crippen LogP contribution in [0.15, 0.2) is 146 Å². The van der Waals surface area contributed by atoms with Crippen molar-refractivity contribution < 1.29 is 4.79 Å². The van der Waals surface area contributed by atoms with Crippen LogP contribution in [0.5, 0.6) is 0 Å². The third kappa shape index (κ3) is 13.8. The van der Waals surface area contributed by atoms with Crippen molar-refractivity contribution in [3.8, 4) is 0 Å². The number of halogens is 1. The number of nitrogens with zero attached hydrogens (tertiary/aromatic N) is 3. The predicted octanol–water partition coefficient (Wildman–Crippen LogP) is 14.1. The number of hydrogen-bond donors (Lipinski definition) is 3. The standard InChI is InChI=1S/2C14H19N.2C13H17N.C7H7I.C7H11N.C6H7NO/c1-10-5-3-4-6-13(10)14-8-12-7-11(14)9-15(12)2;1-10-5-3-4-6-12(10)13-7-11-8-14(13)15(2)9-11;1-9-4-2-3-5-12(9)13-7-11-6-10(13)8-14-11;1-9-4-2-3-5-11(9)12-6-10-7-13(12)14-8-10;1-6-4-2-3-5-7(6)8;1-8-5-6-2-3-7(8)4-6;8-6-4-1-2-5(3-4)7-6/h3-6,11-12,14H,7-9H2,1-2H3;3-6,11,13-14H,7-9H2,1-2H3;2-5,10-11,13-14H,6-8H2,1H3;2-5,10,12-14H,6-8H2,1H3;2-5H,1H3;2-3,6-7H,4-5H2,1H3;1-2,4-5H,3H2,(H,7,8). The third-order valence-electron chi connectivity index (χ3n) is 21.7. The first-order valence-corrected chi connectivity index (χ1v) is 33.0. The number of benzene rings is 5. The number of carbonyl (C=O) groups is 1. The number of carbonyl (C=O) groups excluding carboxylic acids is 1. The summed E-state index contributed by atoms with van der Waals surface area (Å²) in [6.45, 7) is 17.5. The molecular formula is C74H97IN6O. The molecule has 82 heavy (non-hydrogen) atoms. The van der Waals surface area contributed by atoms with Gasteiger partial charge in [-0.1, -0.05) is 140 Å². The summed E-state index contributed by atoms with van der Waals surface area (Å²) in [7, 11) is 6.77. The molecule has 10 fully saturated rings. The molecule has 0 aromatic heterocycles. The molecule has 5 aromatic carbocycles. The van der Waals surface area contributed by atoms with Crippen LogP contribution in [0.2, 0.25) is 0 Å². The van der Waals surface area contributed by atoms with Gasteiger partial charge in [0, 0.05) is 65.4 Å². The highest BCUT2D eigenvalue weighted by Gasteiger charge is 2.46. The van der Waals surface area contributed by atoms with Crippen molar-refractivity contribution in [2.75, 3.05) is 53.9 Å². The zero-order chi connectivity index (χ0) is 57.0. The van der Waals surface area contributed by atoms with E-state index in [1.54, 1.807) is 22.3 Å². The van der Waals surface area contributed by atoms with Gasteiger partial charge >= 0.3 is 0 Å². The minimum Gasteiger partial charge on any atom is -0.349 e. The second kappa shape index (κ2) is 26.9. The molecule has 12 aliphatic rings. The van der Waals surface area contributed by atoms with Crippen molar-refractivity contribution >= 4 is 28.5 Å². The lowest BCUT2D eigenvalue weighted by atomic mass is 9.85. The van der Waals surface area contributed by atoms with E-state index in [0.29, 0.717) is 6.04 Å². The summed E-state index contributed by atoms with van der Waals surface area (Å²) < 4.78 is 1.34. The van der Waals surface area contributed by atoms with Crippen molar-refractivity contribution in [1.29, 1.82) is 0 Å². The van der Waals surface area contributed by atoms with Crippen LogP contribution < -0.4 is 16.0 Å². The summed E-state index contributed by atoms with van der Waals surface area (Å²) in [6, 6.07) is 48.3. The largest absolute Gasteiger partial charge is 0.349 e. The molecule has 17 rings (SSSR count). The smallest absolute Gasteiger partial charge is 0.227 e. The lowest BCUT2D eigenvalue weighted by Gasteiger charge is -2.31. The first-order valence-electron chi connectivity index (χ1n) is 31.9. The van der Waals surface area contributed by atoms with Gasteiger partial charge in [-0.25, -0.2) is 0 Å².